The van der Waals surface area contributed by atoms with Crippen LogP contribution in [0.2, 0.25) is 0 Å². The van der Waals surface area contributed by atoms with Gasteiger partial charge in [-0.25, -0.2) is 9.97 Å². The monoisotopic (exact) mass is 265 g/mol. The van der Waals surface area contributed by atoms with E-state index in [0.29, 0.717) is 19.0 Å². The highest BCUT2D eigenvalue weighted by Gasteiger charge is 2.33. The molecule has 0 aliphatic carbocycles. The van der Waals surface area contributed by atoms with Gasteiger partial charge in [-0.15, -0.1) is 0 Å². The summed E-state index contributed by atoms with van der Waals surface area (Å²) in [7, 11) is 4.07. The number of likely N-dealkylation sites (N-methyl/N-ethyl adjacent to an activating group) is 1. The van der Waals surface area contributed by atoms with E-state index < -0.39 is 0 Å². The molecule has 1 aromatic heterocycles. The second-order valence-corrected chi connectivity index (χ2v) is 5.46. The highest BCUT2D eigenvalue weighted by atomic mass is 16.3. The molecule has 0 aromatic carbocycles. The van der Waals surface area contributed by atoms with E-state index in [1.54, 1.807) is 0 Å². The van der Waals surface area contributed by atoms with Crippen molar-refractivity contribution in [2.24, 2.45) is 5.73 Å². The molecule has 0 amide bonds. The van der Waals surface area contributed by atoms with Gasteiger partial charge in [-0.1, -0.05) is 0 Å². The standard InChI is InChI=1S/C13H23N5O/c1-9-4-10(6-14)16-13(15-9)18-8-12(19)5-11(18)7-17(2)3/h4,11-12,19H,5-8,14H2,1-3H3. The van der Waals surface area contributed by atoms with Crippen LogP contribution in [0.25, 0.3) is 0 Å². The summed E-state index contributed by atoms with van der Waals surface area (Å²) in [5, 5.41) is 9.90. The number of aryl methyl sites for hydroxylation is 1. The van der Waals surface area contributed by atoms with Crippen LogP contribution in [0.4, 0.5) is 5.95 Å². The second kappa shape index (κ2) is 5.81. The molecular weight excluding hydrogens is 242 g/mol. The molecule has 0 spiro atoms. The predicted octanol–water partition coefficient (Wildman–Crippen LogP) is -0.255. The molecule has 1 aliphatic heterocycles. The average Bonchev–Trinajstić information content (AvgIpc) is 2.68. The molecule has 0 bridgehead atoms. The zero-order valence-corrected chi connectivity index (χ0v) is 11.9. The summed E-state index contributed by atoms with van der Waals surface area (Å²) >= 11 is 0. The van der Waals surface area contributed by atoms with E-state index in [1.165, 1.54) is 0 Å². The van der Waals surface area contributed by atoms with Crippen LogP contribution in [0.15, 0.2) is 6.07 Å². The van der Waals surface area contributed by atoms with Crippen LogP contribution in [0.5, 0.6) is 0 Å². The third-order valence-corrected chi connectivity index (χ3v) is 3.33. The molecule has 6 heteroatoms. The van der Waals surface area contributed by atoms with E-state index in [9.17, 15) is 5.11 Å². The molecule has 2 atom stereocenters. The van der Waals surface area contributed by atoms with Crippen molar-refractivity contribution in [3.05, 3.63) is 17.5 Å². The van der Waals surface area contributed by atoms with E-state index in [-0.39, 0.29) is 12.1 Å². The number of aliphatic hydroxyl groups is 1. The molecule has 2 unspecified atom stereocenters. The molecule has 2 heterocycles. The number of aromatic nitrogens is 2. The van der Waals surface area contributed by atoms with Crippen LogP contribution in [-0.2, 0) is 6.54 Å². The average molecular weight is 265 g/mol. The van der Waals surface area contributed by atoms with Crippen molar-refractivity contribution in [2.75, 3.05) is 32.1 Å². The third-order valence-electron chi connectivity index (χ3n) is 3.33. The third kappa shape index (κ3) is 3.40. The Morgan fingerprint density at radius 1 is 1.47 bits per heavy atom. The number of β-amino-alcohol motifs (C(OH)–C–C–N with tert-alkyl or cyclic N) is 1. The molecule has 106 valence electrons. The van der Waals surface area contributed by atoms with Crippen LogP contribution < -0.4 is 10.6 Å². The molecule has 1 saturated heterocycles. The minimum absolute atomic E-state index is 0.248. The maximum atomic E-state index is 9.90. The van der Waals surface area contributed by atoms with E-state index >= 15 is 0 Å². The topological polar surface area (TPSA) is 78.5 Å². The molecule has 1 aliphatic rings. The molecule has 19 heavy (non-hydrogen) atoms. The second-order valence-electron chi connectivity index (χ2n) is 5.46. The molecule has 1 fully saturated rings. The number of anilines is 1. The van der Waals surface area contributed by atoms with E-state index in [2.05, 4.69) is 19.8 Å². The predicted molar refractivity (Wildman–Crippen MR) is 75.0 cm³/mol. The Hall–Kier alpha value is -1.24. The van der Waals surface area contributed by atoms with E-state index in [0.717, 1.165) is 24.4 Å². The summed E-state index contributed by atoms with van der Waals surface area (Å²) in [6.07, 6.45) is 0.448. The first-order valence-electron chi connectivity index (χ1n) is 6.63. The lowest BCUT2D eigenvalue weighted by Gasteiger charge is -2.27. The fraction of sp³-hybridized carbons (Fsp3) is 0.692. The maximum absolute atomic E-state index is 9.90. The van der Waals surface area contributed by atoms with Gasteiger partial charge in [0, 0.05) is 31.4 Å². The molecule has 0 radical (unpaired) electrons. The number of nitrogens with zero attached hydrogens (tertiary/aromatic N) is 4. The number of hydrogen-bond acceptors (Lipinski definition) is 6. The van der Waals surface area contributed by atoms with Crippen molar-refractivity contribution in [3.63, 3.8) is 0 Å². The SMILES string of the molecule is Cc1cc(CN)nc(N2CC(O)CC2CN(C)C)n1. The summed E-state index contributed by atoms with van der Waals surface area (Å²) in [5.74, 6) is 0.684. The summed E-state index contributed by atoms with van der Waals surface area (Å²) in [5.41, 5.74) is 7.42. The van der Waals surface area contributed by atoms with Crippen molar-refractivity contribution in [2.45, 2.75) is 32.0 Å². The lowest BCUT2D eigenvalue weighted by Crippen LogP contribution is -2.38. The van der Waals surface area contributed by atoms with Gasteiger partial charge in [-0.3, -0.25) is 0 Å². The van der Waals surface area contributed by atoms with Gasteiger partial charge < -0.3 is 20.6 Å². The Kier molecular flexibility index (Phi) is 4.34. The van der Waals surface area contributed by atoms with Crippen molar-refractivity contribution in [1.82, 2.24) is 14.9 Å². The fourth-order valence-corrected chi connectivity index (χ4v) is 2.58. The Morgan fingerprint density at radius 2 is 2.21 bits per heavy atom. The largest absolute Gasteiger partial charge is 0.391 e. The quantitative estimate of drug-likeness (QED) is 0.781. The normalized spacial score (nSPS) is 23.4. The molecule has 2 rings (SSSR count). The minimum atomic E-state index is -0.310. The number of hydrogen-bond donors (Lipinski definition) is 2. The molecule has 1 aromatic rings. The van der Waals surface area contributed by atoms with Crippen LogP contribution in [-0.4, -0.2) is 59.3 Å². The first kappa shape index (κ1) is 14.2. The molecular formula is C13H23N5O. The van der Waals surface area contributed by atoms with E-state index in [4.69, 9.17) is 5.73 Å². The fourth-order valence-electron chi connectivity index (χ4n) is 2.58. The Labute approximate surface area is 114 Å². The van der Waals surface area contributed by atoms with Gasteiger partial charge in [-0.05, 0) is 33.5 Å². The zero-order chi connectivity index (χ0) is 14.0. The smallest absolute Gasteiger partial charge is 0.226 e. The van der Waals surface area contributed by atoms with Crippen LogP contribution in [0.1, 0.15) is 17.8 Å². The molecule has 6 nitrogen and oxygen atoms in total. The Bertz CT molecular complexity index is 437. The summed E-state index contributed by atoms with van der Waals surface area (Å²) in [6, 6.07) is 2.15. The summed E-state index contributed by atoms with van der Waals surface area (Å²) in [6.45, 7) is 3.82. The maximum Gasteiger partial charge on any atom is 0.226 e. The van der Waals surface area contributed by atoms with Gasteiger partial charge >= 0.3 is 0 Å². The van der Waals surface area contributed by atoms with Gasteiger partial charge in [-0.2, -0.15) is 0 Å². The van der Waals surface area contributed by atoms with Crippen molar-refractivity contribution in [3.8, 4) is 0 Å². The van der Waals surface area contributed by atoms with Gasteiger partial charge in [0.15, 0.2) is 0 Å². The highest BCUT2D eigenvalue weighted by Crippen LogP contribution is 2.23. The summed E-state index contributed by atoms with van der Waals surface area (Å²) < 4.78 is 0. The number of nitrogens with two attached hydrogens (primary N) is 1. The van der Waals surface area contributed by atoms with Crippen molar-refractivity contribution < 1.29 is 5.11 Å². The first-order chi connectivity index (χ1) is 8.99. The van der Waals surface area contributed by atoms with Crippen molar-refractivity contribution >= 4 is 5.95 Å². The van der Waals surface area contributed by atoms with Crippen LogP contribution >= 0.6 is 0 Å². The Morgan fingerprint density at radius 3 is 2.84 bits per heavy atom. The first-order valence-corrected chi connectivity index (χ1v) is 6.63. The van der Waals surface area contributed by atoms with Gasteiger partial charge in [0.05, 0.1) is 11.8 Å². The zero-order valence-electron chi connectivity index (χ0n) is 11.9. The van der Waals surface area contributed by atoms with Crippen LogP contribution in [0.3, 0.4) is 0 Å². The molecule has 0 saturated carbocycles. The van der Waals surface area contributed by atoms with Gasteiger partial charge in [0.25, 0.3) is 0 Å². The number of rotatable bonds is 4. The van der Waals surface area contributed by atoms with Gasteiger partial charge in [0.2, 0.25) is 5.95 Å². The summed E-state index contributed by atoms with van der Waals surface area (Å²) in [4.78, 5) is 13.2. The van der Waals surface area contributed by atoms with E-state index in [1.807, 2.05) is 27.1 Å². The molecule has 3 N–H and O–H groups in total. The highest BCUT2D eigenvalue weighted by molar-refractivity contribution is 5.36. The lowest BCUT2D eigenvalue weighted by atomic mass is 10.2. The van der Waals surface area contributed by atoms with Crippen LogP contribution in [0, 0.1) is 6.92 Å². The Balaban J connectivity index is 2.25. The van der Waals surface area contributed by atoms with Gasteiger partial charge in [0.1, 0.15) is 0 Å². The minimum Gasteiger partial charge on any atom is -0.391 e. The number of aliphatic hydroxyl groups excluding tert-OH is 1. The van der Waals surface area contributed by atoms with Crippen molar-refractivity contribution in [1.29, 1.82) is 0 Å². The lowest BCUT2D eigenvalue weighted by molar-refractivity contribution is 0.191.